The molecule has 0 bridgehead atoms. The monoisotopic (exact) mass is 839 g/mol. The Morgan fingerprint density at radius 1 is 0.350 bits per heavy atom. The molecule has 0 spiro atoms. The van der Waals surface area contributed by atoms with Crippen molar-refractivity contribution < 1.29 is 28.6 Å². The number of hydrogen-bond acceptors (Lipinski definition) is 6. The maximum absolute atomic E-state index is 12.7. The van der Waals surface area contributed by atoms with Gasteiger partial charge in [-0.25, -0.2) is 0 Å². The number of carbonyl (C=O) groups is 3. The van der Waals surface area contributed by atoms with Crippen LogP contribution in [0.3, 0.4) is 0 Å². The van der Waals surface area contributed by atoms with Crippen LogP contribution in [0.1, 0.15) is 245 Å². The molecule has 1 atom stereocenters. The molecule has 6 nitrogen and oxygen atoms in total. The highest BCUT2D eigenvalue weighted by Crippen LogP contribution is 2.15. The average Bonchev–Trinajstić information content (AvgIpc) is 3.24. The molecule has 0 aromatic rings. The van der Waals surface area contributed by atoms with Gasteiger partial charge in [-0.3, -0.25) is 14.4 Å². The highest BCUT2D eigenvalue weighted by atomic mass is 16.6. The molecule has 0 amide bonds. The van der Waals surface area contributed by atoms with Crippen molar-refractivity contribution in [3.8, 4) is 0 Å². The molecule has 0 saturated carbocycles. The molecule has 0 N–H and O–H groups in total. The topological polar surface area (TPSA) is 78.9 Å². The molecular formula is C54H94O6. The lowest BCUT2D eigenvalue weighted by Crippen LogP contribution is -2.30. The van der Waals surface area contributed by atoms with Crippen LogP contribution in [0, 0.1) is 0 Å². The molecule has 0 unspecified atom stereocenters. The van der Waals surface area contributed by atoms with E-state index >= 15 is 0 Å². The standard InChI is InChI=1S/C54H94O6/c1-4-7-10-13-16-19-22-24-25-26-27-28-29-30-33-35-38-41-44-47-53(56)59-50-51(60-54(57)48-45-42-39-36-31-21-18-15-12-9-6-3)49-58-52(55)46-43-40-37-34-32-23-20-17-14-11-8-5-2/h7,10,16,19,24-25,27-28,30,33,51H,4-6,8-9,11-15,17-18,20-23,26,29,31-32,34-50H2,1-3H3/b10-7-,19-16-,25-24-,28-27-,33-30-/t51-/m0/s1. The molecule has 60 heavy (non-hydrogen) atoms. The largest absolute Gasteiger partial charge is 0.462 e. The van der Waals surface area contributed by atoms with E-state index in [0.29, 0.717) is 19.3 Å². The molecule has 0 aliphatic heterocycles. The van der Waals surface area contributed by atoms with E-state index in [4.69, 9.17) is 14.2 Å². The minimum absolute atomic E-state index is 0.0817. The number of unbranched alkanes of at least 4 members (excludes halogenated alkanes) is 24. The van der Waals surface area contributed by atoms with Gasteiger partial charge in [-0.15, -0.1) is 0 Å². The van der Waals surface area contributed by atoms with E-state index < -0.39 is 6.10 Å². The number of carbonyl (C=O) groups excluding carboxylic acids is 3. The molecule has 0 rings (SSSR count). The summed E-state index contributed by atoms with van der Waals surface area (Å²) in [6.45, 7) is 6.49. The van der Waals surface area contributed by atoms with Gasteiger partial charge in [0, 0.05) is 19.3 Å². The zero-order valence-corrected chi connectivity index (χ0v) is 39.5. The van der Waals surface area contributed by atoms with Gasteiger partial charge < -0.3 is 14.2 Å². The van der Waals surface area contributed by atoms with Crippen LogP contribution in [0.15, 0.2) is 60.8 Å². The van der Waals surface area contributed by atoms with E-state index in [9.17, 15) is 14.4 Å². The first-order chi connectivity index (χ1) is 29.5. The molecule has 0 aromatic heterocycles. The van der Waals surface area contributed by atoms with Crippen LogP contribution in [0.2, 0.25) is 0 Å². The Kier molecular flexibility index (Phi) is 46.4. The number of rotatable bonds is 45. The minimum atomic E-state index is -0.782. The first-order valence-corrected chi connectivity index (χ1v) is 25.3. The van der Waals surface area contributed by atoms with Gasteiger partial charge in [0.2, 0.25) is 0 Å². The van der Waals surface area contributed by atoms with E-state index in [1.54, 1.807) is 0 Å². The number of ether oxygens (including phenoxy) is 3. The van der Waals surface area contributed by atoms with Gasteiger partial charge in [-0.1, -0.05) is 223 Å². The van der Waals surface area contributed by atoms with E-state index in [1.807, 2.05) is 0 Å². The molecule has 6 heteroatoms. The zero-order chi connectivity index (χ0) is 43.7. The minimum Gasteiger partial charge on any atom is -0.462 e. The predicted molar refractivity (Wildman–Crippen MR) is 256 cm³/mol. The summed E-state index contributed by atoms with van der Waals surface area (Å²) in [5.74, 6) is -0.912. The molecule has 0 aliphatic carbocycles. The summed E-state index contributed by atoms with van der Waals surface area (Å²) < 4.78 is 16.7. The molecule has 0 heterocycles. The maximum Gasteiger partial charge on any atom is 0.306 e. The maximum atomic E-state index is 12.7. The smallest absolute Gasteiger partial charge is 0.306 e. The SMILES string of the molecule is CC/C=C\C/C=C\C/C=C\C/C=C\C/C=C\CCCCCC(=O)OC[C@H](COC(=O)CCCCCCCCCCCCCC)OC(=O)CCCCCCCCCCCCC. The fraction of sp³-hybridized carbons (Fsp3) is 0.759. The van der Waals surface area contributed by atoms with Crippen molar-refractivity contribution in [1.82, 2.24) is 0 Å². The summed E-state index contributed by atoms with van der Waals surface area (Å²) in [7, 11) is 0. The fourth-order valence-corrected chi connectivity index (χ4v) is 7.00. The van der Waals surface area contributed by atoms with Crippen molar-refractivity contribution in [2.24, 2.45) is 0 Å². The Labute approximate surface area is 370 Å². The predicted octanol–water partition coefficient (Wildman–Crippen LogP) is 16.5. The van der Waals surface area contributed by atoms with E-state index in [-0.39, 0.29) is 31.1 Å². The normalized spacial score (nSPS) is 12.5. The van der Waals surface area contributed by atoms with Crippen LogP contribution < -0.4 is 0 Å². The molecule has 0 fully saturated rings. The van der Waals surface area contributed by atoms with Crippen molar-refractivity contribution in [3.63, 3.8) is 0 Å². The lowest BCUT2D eigenvalue weighted by atomic mass is 10.0. The Morgan fingerprint density at radius 2 is 0.650 bits per heavy atom. The molecule has 0 saturated heterocycles. The van der Waals surface area contributed by atoms with Crippen LogP contribution in [0.5, 0.6) is 0 Å². The Balaban J connectivity index is 4.39. The molecule has 0 aliphatic rings. The third kappa shape index (κ3) is 46.2. The van der Waals surface area contributed by atoms with Crippen LogP contribution in [-0.4, -0.2) is 37.2 Å². The lowest BCUT2D eigenvalue weighted by molar-refractivity contribution is -0.167. The van der Waals surface area contributed by atoms with Crippen LogP contribution >= 0.6 is 0 Å². The van der Waals surface area contributed by atoms with Crippen molar-refractivity contribution in [2.45, 2.75) is 252 Å². The summed E-state index contributed by atoms with van der Waals surface area (Å²) in [6.07, 6.45) is 59.1. The Hall–Kier alpha value is -2.89. The lowest BCUT2D eigenvalue weighted by Gasteiger charge is -2.18. The molecule has 0 aromatic carbocycles. The van der Waals surface area contributed by atoms with Crippen LogP contribution in [0.4, 0.5) is 0 Å². The summed E-state index contributed by atoms with van der Waals surface area (Å²) in [4.78, 5) is 37.9. The van der Waals surface area contributed by atoms with Gasteiger partial charge in [0.05, 0.1) is 0 Å². The summed E-state index contributed by atoms with van der Waals surface area (Å²) in [5.41, 5.74) is 0. The van der Waals surface area contributed by atoms with Gasteiger partial charge in [0.15, 0.2) is 6.10 Å². The third-order valence-corrected chi connectivity index (χ3v) is 10.8. The summed E-state index contributed by atoms with van der Waals surface area (Å²) in [6, 6.07) is 0. The van der Waals surface area contributed by atoms with Gasteiger partial charge in [-0.05, 0) is 64.2 Å². The number of esters is 3. The highest BCUT2D eigenvalue weighted by molar-refractivity contribution is 5.71. The number of hydrogen-bond donors (Lipinski definition) is 0. The van der Waals surface area contributed by atoms with Crippen molar-refractivity contribution in [1.29, 1.82) is 0 Å². The van der Waals surface area contributed by atoms with Crippen molar-refractivity contribution in [2.75, 3.05) is 13.2 Å². The van der Waals surface area contributed by atoms with E-state index in [2.05, 4.69) is 81.5 Å². The van der Waals surface area contributed by atoms with Gasteiger partial charge in [0.1, 0.15) is 13.2 Å². The van der Waals surface area contributed by atoms with Gasteiger partial charge in [-0.2, -0.15) is 0 Å². The Bertz CT molecular complexity index is 1100. The molecular weight excluding hydrogens is 745 g/mol. The Morgan fingerprint density at radius 3 is 1.02 bits per heavy atom. The first-order valence-electron chi connectivity index (χ1n) is 25.3. The molecule has 346 valence electrons. The first kappa shape index (κ1) is 57.1. The third-order valence-electron chi connectivity index (χ3n) is 10.8. The summed E-state index contributed by atoms with van der Waals surface area (Å²) in [5, 5.41) is 0. The average molecular weight is 839 g/mol. The fourth-order valence-electron chi connectivity index (χ4n) is 7.00. The van der Waals surface area contributed by atoms with E-state index in [1.165, 1.54) is 109 Å². The number of allylic oxidation sites excluding steroid dienone is 10. The van der Waals surface area contributed by atoms with Gasteiger partial charge in [0.25, 0.3) is 0 Å². The zero-order valence-electron chi connectivity index (χ0n) is 39.5. The second-order valence-electron chi connectivity index (χ2n) is 16.7. The second kappa shape index (κ2) is 48.8. The van der Waals surface area contributed by atoms with Gasteiger partial charge >= 0.3 is 17.9 Å². The highest BCUT2D eigenvalue weighted by Gasteiger charge is 2.19. The summed E-state index contributed by atoms with van der Waals surface area (Å²) >= 11 is 0. The molecule has 0 radical (unpaired) electrons. The van der Waals surface area contributed by atoms with E-state index in [0.717, 1.165) is 96.3 Å². The second-order valence-corrected chi connectivity index (χ2v) is 16.7. The van der Waals surface area contributed by atoms with Crippen molar-refractivity contribution in [3.05, 3.63) is 60.8 Å². The van der Waals surface area contributed by atoms with Crippen molar-refractivity contribution >= 4 is 17.9 Å². The van der Waals surface area contributed by atoms with Crippen LogP contribution in [0.25, 0.3) is 0 Å². The van der Waals surface area contributed by atoms with Crippen LogP contribution in [-0.2, 0) is 28.6 Å². The quantitative estimate of drug-likeness (QED) is 0.0263.